The SMILES string of the molecule is CC(C)[C@H](CC(=O)N[C@@H](C)CC(=O)O)NC(=O)OCC1c2ccccc2-c2ccccc21. The van der Waals surface area contributed by atoms with Crippen LogP contribution in [0.15, 0.2) is 48.5 Å². The zero-order valence-electron chi connectivity index (χ0n) is 18.6. The Labute approximate surface area is 188 Å². The van der Waals surface area contributed by atoms with Crippen LogP contribution in [0.25, 0.3) is 11.1 Å². The number of hydrogen-bond donors (Lipinski definition) is 3. The van der Waals surface area contributed by atoms with Gasteiger partial charge in [0, 0.05) is 24.4 Å². The Morgan fingerprint density at radius 3 is 2.00 bits per heavy atom. The van der Waals surface area contributed by atoms with Crippen LogP contribution in [-0.2, 0) is 14.3 Å². The number of carboxylic acid groups (broad SMARTS) is 1. The number of fused-ring (bicyclic) bond motifs is 3. The van der Waals surface area contributed by atoms with E-state index in [1.165, 1.54) is 0 Å². The minimum Gasteiger partial charge on any atom is -0.481 e. The van der Waals surface area contributed by atoms with Crippen molar-refractivity contribution in [3.05, 3.63) is 59.7 Å². The molecule has 0 saturated carbocycles. The van der Waals surface area contributed by atoms with Crippen LogP contribution in [0.5, 0.6) is 0 Å². The molecule has 7 heteroatoms. The monoisotopic (exact) mass is 438 g/mol. The van der Waals surface area contributed by atoms with Gasteiger partial charge in [0.15, 0.2) is 0 Å². The number of aliphatic carboxylic acids is 1. The maximum Gasteiger partial charge on any atom is 0.407 e. The highest BCUT2D eigenvalue weighted by Crippen LogP contribution is 2.44. The lowest BCUT2D eigenvalue weighted by atomic mass is 9.98. The second-order valence-electron chi connectivity index (χ2n) is 8.59. The van der Waals surface area contributed by atoms with Gasteiger partial charge in [-0.2, -0.15) is 0 Å². The molecule has 3 rings (SSSR count). The van der Waals surface area contributed by atoms with Gasteiger partial charge >= 0.3 is 12.1 Å². The van der Waals surface area contributed by atoms with Gasteiger partial charge in [-0.25, -0.2) is 4.79 Å². The summed E-state index contributed by atoms with van der Waals surface area (Å²) in [6.45, 7) is 5.65. The number of benzene rings is 2. The van der Waals surface area contributed by atoms with Gasteiger partial charge in [-0.15, -0.1) is 0 Å². The van der Waals surface area contributed by atoms with Crippen molar-refractivity contribution in [1.29, 1.82) is 0 Å². The van der Waals surface area contributed by atoms with Gasteiger partial charge < -0.3 is 20.5 Å². The zero-order valence-corrected chi connectivity index (χ0v) is 18.6. The third-order valence-corrected chi connectivity index (χ3v) is 5.75. The molecule has 0 fully saturated rings. The molecule has 0 bridgehead atoms. The zero-order chi connectivity index (χ0) is 23.3. The number of carbonyl (C=O) groups is 3. The third-order valence-electron chi connectivity index (χ3n) is 5.75. The van der Waals surface area contributed by atoms with E-state index in [0.717, 1.165) is 22.3 Å². The number of rotatable bonds is 9. The van der Waals surface area contributed by atoms with Crippen molar-refractivity contribution in [2.75, 3.05) is 6.61 Å². The molecule has 2 aromatic rings. The molecule has 2 atom stereocenters. The minimum atomic E-state index is -0.977. The lowest BCUT2D eigenvalue weighted by molar-refractivity contribution is -0.137. The summed E-state index contributed by atoms with van der Waals surface area (Å²) in [5.74, 6) is -1.33. The first-order chi connectivity index (χ1) is 15.3. The molecular formula is C25H30N2O5. The van der Waals surface area contributed by atoms with Crippen LogP contribution < -0.4 is 10.6 Å². The number of alkyl carbamates (subject to hydrolysis) is 1. The first-order valence-corrected chi connectivity index (χ1v) is 10.9. The molecule has 170 valence electrons. The minimum absolute atomic E-state index is 0.00369. The van der Waals surface area contributed by atoms with Gasteiger partial charge in [0.2, 0.25) is 5.91 Å². The fourth-order valence-corrected chi connectivity index (χ4v) is 4.09. The van der Waals surface area contributed by atoms with E-state index < -0.39 is 24.1 Å². The van der Waals surface area contributed by atoms with Gasteiger partial charge in [0.25, 0.3) is 0 Å². The lowest BCUT2D eigenvalue weighted by Gasteiger charge is -2.23. The molecule has 0 spiro atoms. The van der Waals surface area contributed by atoms with E-state index in [0.29, 0.717) is 0 Å². The highest BCUT2D eigenvalue weighted by atomic mass is 16.5. The number of nitrogens with one attached hydrogen (secondary N) is 2. The Morgan fingerprint density at radius 2 is 1.47 bits per heavy atom. The van der Waals surface area contributed by atoms with E-state index in [1.54, 1.807) is 6.92 Å². The Morgan fingerprint density at radius 1 is 0.906 bits per heavy atom. The molecule has 0 heterocycles. The summed E-state index contributed by atoms with van der Waals surface area (Å²) in [5.41, 5.74) is 4.58. The van der Waals surface area contributed by atoms with Crippen molar-refractivity contribution in [3.8, 4) is 11.1 Å². The molecule has 2 aromatic carbocycles. The van der Waals surface area contributed by atoms with Crippen molar-refractivity contribution in [1.82, 2.24) is 10.6 Å². The summed E-state index contributed by atoms with van der Waals surface area (Å²) in [4.78, 5) is 35.6. The highest BCUT2D eigenvalue weighted by molar-refractivity contribution is 5.80. The number of amides is 2. The van der Waals surface area contributed by atoms with Gasteiger partial charge in [-0.3, -0.25) is 9.59 Å². The van der Waals surface area contributed by atoms with Crippen LogP contribution in [0.1, 0.15) is 50.7 Å². The molecule has 1 aliphatic rings. The lowest BCUT2D eigenvalue weighted by Crippen LogP contribution is -2.44. The molecule has 0 radical (unpaired) electrons. The average Bonchev–Trinajstić information content (AvgIpc) is 3.05. The van der Waals surface area contributed by atoms with Crippen molar-refractivity contribution in [2.24, 2.45) is 5.92 Å². The fraction of sp³-hybridized carbons (Fsp3) is 0.400. The van der Waals surface area contributed by atoms with E-state index in [9.17, 15) is 14.4 Å². The van der Waals surface area contributed by atoms with E-state index in [2.05, 4.69) is 34.9 Å². The van der Waals surface area contributed by atoms with Gasteiger partial charge in [-0.05, 0) is 35.1 Å². The number of carbonyl (C=O) groups excluding carboxylic acids is 2. The standard InChI is InChI=1S/C25H30N2O5/c1-15(2)22(13-23(28)26-16(3)12-24(29)30)27-25(31)32-14-21-19-10-6-4-8-17(19)18-9-5-7-11-20(18)21/h4-11,15-16,21-22H,12-14H2,1-3H3,(H,26,28)(H,27,31)(H,29,30)/t16-,22-/m0/s1. The predicted octanol–water partition coefficient (Wildman–Crippen LogP) is 3.92. The summed E-state index contributed by atoms with van der Waals surface area (Å²) < 4.78 is 5.58. The molecule has 3 N–H and O–H groups in total. The second-order valence-corrected chi connectivity index (χ2v) is 8.59. The average molecular weight is 439 g/mol. The normalized spacial score (nSPS) is 14.2. The molecule has 7 nitrogen and oxygen atoms in total. The van der Waals surface area contributed by atoms with E-state index in [-0.39, 0.29) is 37.2 Å². The molecule has 1 aliphatic carbocycles. The third kappa shape index (κ3) is 5.66. The van der Waals surface area contributed by atoms with Crippen molar-refractivity contribution in [2.45, 2.75) is 51.6 Å². The van der Waals surface area contributed by atoms with Crippen LogP contribution in [0.3, 0.4) is 0 Å². The smallest absolute Gasteiger partial charge is 0.407 e. The van der Waals surface area contributed by atoms with E-state index >= 15 is 0 Å². The van der Waals surface area contributed by atoms with Crippen molar-refractivity contribution in [3.63, 3.8) is 0 Å². The Kier molecular flexibility index (Phi) is 7.51. The van der Waals surface area contributed by atoms with Gasteiger partial charge in [0.05, 0.1) is 6.42 Å². The molecule has 0 unspecified atom stereocenters. The number of ether oxygens (including phenoxy) is 1. The summed E-state index contributed by atoms with van der Waals surface area (Å²) in [6.07, 6.45) is -0.680. The summed E-state index contributed by atoms with van der Waals surface area (Å²) in [5, 5.41) is 14.3. The van der Waals surface area contributed by atoms with Crippen molar-refractivity contribution >= 4 is 18.0 Å². The van der Waals surface area contributed by atoms with Crippen LogP contribution in [0.4, 0.5) is 4.79 Å². The van der Waals surface area contributed by atoms with Gasteiger partial charge in [-0.1, -0.05) is 62.4 Å². The quantitative estimate of drug-likeness (QED) is 0.550. The van der Waals surface area contributed by atoms with Crippen LogP contribution in [0.2, 0.25) is 0 Å². The predicted molar refractivity (Wildman–Crippen MR) is 121 cm³/mol. The fourth-order valence-electron chi connectivity index (χ4n) is 4.09. The summed E-state index contributed by atoms with van der Waals surface area (Å²) >= 11 is 0. The first kappa shape index (κ1) is 23.3. The van der Waals surface area contributed by atoms with E-state index in [4.69, 9.17) is 9.84 Å². The highest BCUT2D eigenvalue weighted by Gasteiger charge is 2.29. The van der Waals surface area contributed by atoms with Crippen LogP contribution >= 0.6 is 0 Å². The molecule has 0 aromatic heterocycles. The van der Waals surface area contributed by atoms with Crippen LogP contribution in [-0.4, -0.2) is 41.8 Å². The Hall–Kier alpha value is -3.35. The van der Waals surface area contributed by atoms with Gasteiger partial charge in [0.1, 0.15) is 6.61 Å². The second kappa shape index (κ2) is 10.3. The van der Waals surface area contributed by atoms with Crippen molar-refractivity contribution < 1.29 is 24.2 Å². The largest absolute Gasteiger partial charge is 0.481 e. The maximum atomic E-state index is 12.5. The molecule has 32 heavy (non-hydrogen) atoms. The van der Waals surface area contributed by atoms with Crippen LogP contribution in [0, 0.1) is 5.92 Å². The number of hydrogen-bond acceptors (Lipinski definition) is 4. The first-order valence-electron chi connectivity index (χ1n) is 10.9. The van der Waals surface area contributed by atoms with E-state index in [1.807, 2.05) is 38.1 Å². The molecule has 0 saturated heterocycles. The number of carboxylic acids is 1. The summed E-state index contributed by atoms with van der Waals surface area (Å²) in [6, 6.07) is 15.3. The molecule has 0 aliphatic heterocycles. The Balaban J connectivity index is 1.58. The topological polar surface area (TPSA) is 105 Å². The molecule has 2 amide bonds. The molecular weight excluding hydrogens is 408 g/mol. The maximum absolute atomic E-state index is 12.5. The summed E-state index contributed by atoms with van der Waals surface area (Å²) in [7, 11) is 0. The Bertz CT molecular complexity index is 942.